The van der Waals surface area contributed by atoms with Crippen LogP contribution in [0.2, 0.25) is 10.0 Å². The van der Waals surface area contributed by atoms with Gasteiger partial charge in [-0.15, -0.1) is 0 Å². The minimum atomic E-state index is -0.646. The van der Waals surface area contributed by atoms with Crippen LogP contribution < -0.4 is 9.47 Å². The average molecular weight is 327 g/mol. The highest BCUT2D eigenvalue weighted by molar-refractivity contribution is 6.35. The predicted octanol–water partition coefficient (Wildman–Crippen LogP) is 4.63. The average Bonchev–Trinajstić information content (AvgIpc) is 2.46. The molecule has 0 aliphatic heterocycles. The lowest BCUT2D eigenvalue weighted by atomic mass is 10.1. The number of rotatable bonds is 5. The fourth-order valence-corrected chi connectivity index (χ4v) is 2.44. The Kier molecular flexibility index (Phi) is 5.34. The maximum absolute atomic E-state index is 9.80. The fraction of sp³-hybridized carbons (Fsp3) is 0.250. The van der Waals surface area contributed by atoms with Crippen LogP contribution >= 0.6 is 23.2 Å². The lowest BCUT2D eigenvalue weighted by molar-refractivity contribution is 0.190. The van der Waals surface area contributed by atoms with Gasteiger partial charge in [-0.3, -0.25) is 0 Å². The number of methoxy groups -OCH3 is 1. The maximum atomic E-state index is 9.80. The van der Waals surface area contributed by atoms with Crippen molar-refractivity contribution in [2.24, 2.45) is 0 Å². The summed E-state index contributed by atoms with van der Waals surface area (Å²) >= 11 is 12.2. The Morgan fingerprint density at radius 1 is 1.14 bits per heavy atom. The second-order valence-corrected chi connectivity index (χ2v) is 5.38. The quantitative estimate of drug-likeness (QED) is 0.870. The summed E-state index contributed by atoms with van der Waals surface area (Å²) in [6.45, 7) is 1.89. The van der Waals surface area contributed by atoms with E-state index in [1.54, 1.807) is 50.4 Å². The molecule has 3 nitrogen and oxygen atoms in total. The molecular formula is C16H16Cl2O3. The molecule has 0 saturated heterocycles. The van der Waals surface area contributed by atoms with Crippen LogP contribution in [0.25, 0.3) is 0 Å². The zero-order valence-corrected chi connectivity index (χ0v) is 13.3. The van der Waals surface area contributed by atoms with Gasteiger partial charge in [0.2, 0.25) is 0 Å². The molecule has 0 spiro atoms. The van der Waals surface area contributed by atoms with E-state index in [0.29, 0.717) is 32.7 Å². The monoisotopic (exact) mass is 326 g/mol. The molecule has 21 heavy (non-hydrogen) atoms. The Labute approximate surface area is 134 Å². The number of hydrogen-bond acceptors (Lipinski definition) is 3. The zero-order chi connectivity index (χ0) is 15.4. The lowest BCUT2D eigenvalue weighted by Crippen LogP contribution is -2.02. The van der Waals surface area contributed by atoms with Gasteiger partial charge in [-0.05, 0) is 31.2 Å². The van der Waals surface area contributed by atoms with Gasteiger partial charge in [0.05, 0.1) is 13.2 Å². The first-order valence-corrected chi connectivity index (χ1v) is 7.20. The largest absolute Gasteiger partial charge is 0.497 e. The van der Waals surface area contributed by atoms with Crippen molar-refractivity contribution in [1.82, 2.24) is 0 Å². The highest BCUT2D eigenvalue weighted by Crippen LogP contribution is 2.32. The normalized spacial score (nSPS) is 12.0. The molecule has 0 radical (unpaired) electrons. The molecule has 0 unspecified atom stereocenters. The summed E-state index contributed by atoms with van der Waals surface area (Å²) in [5.41, 5.74) is 1.39. The van der Waals surface area contributed by atoms with Gasteiger partial charge >= 0.3 is 0 Å². The van der Waals surface area contributed by atoms with Gasteiger partial charge in [-0.1, -0.05) is 29.3 Å². The number of hydrogen-bond donors (Lipinski definition) is 1. The lowest BCUT2D eigenvalue weighted by Gasteiger charge is -2.15. The van der Waals surface area contributed by atoms with Gasteiger partial charge in [-0.25, -0.2) is 0 Å². The Morgan fingerprint density at radius 2 is 1.81 bits per heavy atom. The van der Waals surface area contributed by atoms with E-state index >= 15 is 0 Å². The third kappa shape index (κ3) is 3.82. The molecule has 0 aliphatic carbocycles. The summed E-state index contributed by atoms with van der Waals surface area (Å²) in [5, 5.41) is 10.9. The van der Waals surface area contributed by atoms with Gasteiger partial charge in [0.1, 0.15) is 18.1 Å². The van der Waals surface area contributed by atoms with Gasteiger partial charge in [0.25, 0.3) is 0 Å². The van der Waals surface area contributed by atoms with Crippen molar-refractivity contribution >= 4 is 23.2 Å². The van der Waals surface area contributed by atoms with Gasteiger partial charge in [-0.2, -0.15) is 0 Å². The summed E-state index contributed by atoms with van der Waals surface area (Å²) in [6.07, 6.45) is -0.646. The molecule has 0 saturated carbocycles. The second-order valence-electron chi connectivity index (χ2n) is 4.57. The molecule has 112 valence electrons. The van der Waals surface area contributed by atoms with Gasteiger partial charge in [0, 0.05) is 27.2 Å². The molecule has 0 amide bonds. The van der Waals surface area contributed by atoms with Crippen molar-refractivity contribution in [3.8, 4) is 11.5 Å². The molecule has 0 aromatic heterocycles. The van der Waals surface area contributed by atoms with Crippen molar-refractivity contribution in [3.05, 3.63) is 57.6 Å². The van der Waals surface area contributed by atoms with E-state index < -0.39 is 6.10 Å². The molecule has 0 heterocycles. The number of benzene rings is 2. The van der Waals surface area contributed by atoms with E-state index in [1.165, 1.54) is 0 Å². The van der Waals surface area contributed by atoms with Crippen molar-refractivity contribution in [2.45, 2.75) is 19.6 Å². The van der Waals surface area contributed by atoms with Crippen molar-refractivity contribution in [3.63, 3.8) is 0 Å². The topological polar surface area (TPSA) is 38.7 Å². The fourth-order valence-electron chi connectivity index (χ4n) is 1.93. The third-order valence-corrected chi connectivity index (χ3v) is 3.81. The highest BCUT2D eigenvalue weighted by atomic mass is 35.5. The molecule has 0 aliphatic rings. The number of ether oxygens (including phenoxy) is 2. The van der Waals surface area contributed by atoms with Crippen LogP contribution in [0.5, 0.6) is 11.5 Å². The molecule has 0 bridgehead atoms. The summed E-state index contributed by atoms with van der Waals surface area (Å²) in [4.78, 5) is 0. The Bertz CT molecular complexity index is 607. The number of aliphatic hydroxyl groups excluding tert-OH is 1. The first-order valence-electron chi connectivity index (χ1n) is 6.44. The first-order chi connectivity index (χ1) is 10.0. The van der Waals surface area contributed by atoms with Crippen LogP contribution in [0.15, 0.2) is 36.4 Å². The highest BCUT2D eigenvalue weighted by Gasteiger charge is 2.13. The number of aliphatic hydroxyl groups is 1. The SMILES string of the molecule is COc1ccc([C@H](C)O)c(OCc2c(Cl)cccc2Cl)c1. The number of halogens is 2. The van der Waals surface area contributed by atoms with Crippen molar-refractivity contribution in [1.29, 1.82) is 0 Å². The van der Waals surface area contributed by atoms with Crippen molar-refractivity contribution in [2.75, 3.05) is 7.11 Å². The summed E-state index contributed by atoms with van der Waals surface area (Å²) in [7, 11) is 1.58. The van der Waals surface area contributed by atoms with Crippen LogP contribution in [0, 0.1) is 0 Å². The summed E-state index contributed by atoms with van der Waals surface area (Å²) in [6, 6.07) is 10.6. The second kappa shape index (κ2) is 7.03. The molecular weight excluding hydrogens is 311 g/mol. The first kappa shape index (κ1) is 16.0. The zero-order valence-electron chi connectivity index (χ0n) is 11.8. The van der Waals surface area contributed by atoms with E-state index in [0.717, 1.165) is 0 Å². The van der Waals surface area contributed by atoms with E-state index in [4.69, 9.17) is 32.7 Å². The molecule has 5 heteroatoms. The summed E-state index contributed by atoms with van der Waals surface area (Å²) < 4.78 is 11.0. The van der Waals surface area contributed by atoms with Gasteiger partial charge < -0.3 is 14.6 Å². The maximum Gasteiger partial charge on any atom is 0.129 e. The Morgan fingerprint density at radius 3 is 2.38 bits per heavy atom. The van der Waals surface area contributed by atoms with Crippen LogP contribution in [0.4, 0.5) is 0 Å². The van der Waals surface area contributed by atoms with E-state index in [9.17, 15) is 5.11 Å². The smallest absolute Gasteiger partial charge is 0.129 e. The van der Waals surface area contributed by atoms with E-state index in [1.807, 2.05) is 0 Å². The van der Waals surface area contributed by atoms with Crippen LogP contribution in [-0.2, 0) is 6.61 Å². The standard InChI is InChI=1S/C16H16Cl2O3/c1-10(19)12-7-6-11(20-2)8-16(12)21-9-13-14(17)4-3-5-15(13)18/h3-8,10,19H,9H2,1-2H3/t10-/m0/s1. The minimum Gasteiger partial charge on any atom is -0.497 e. The van der Waals surface area contributed by atoms with Crippen molar-refractivity contribution < 1.29 is 14.6 Å². The molecule has 1 atom stereocenters. The van der Waals surface area contributed by atoms with Gasteiger partial charge in [0.15, 0.2) is 0 Å². The predicted molar refractivity (Wildman–Crippen MR) is 84.4 cm³/mol. The van der Waals surface area contributed by atoms with E-state index in [2.05, 4.69) is 0 Å². The molecule has 2 aromatic rings. The molecule has 2 rings (SSSR count). The van der Waals surface area contributed by atoms with Crippen LogP contribution in [-0.4, -0.2) is 12.2 Å². The molecule has 0 fully saturated rings. The Hall–Kier alpha value is -1.42. The van der Waals surface area contributed by atoms with E-state index in [-0.39, 0.29) is 6.61 Å². The van der Waals surface area contributed by atoms with Crippen LogP contribution in [0.3, 0.4) is 0 Å². The third-order valence-electron chi connectivity index (χ3n) is 3.10. The van der Waals surface area contributed by atoms with Crippen LogP contribution in [0.1, 0.15) is 24.2 Å². The Balaban J connectivity index is 2.26. The summed E-state index contributed by atoms with van der Waals surface area (Å²) in [5.74, 6) is 1.19. The molecule has 1 N–H and O–H groups in total. The molecule has 2 aromatic carbocycles. The minimum absolute atomic E-state index is 0.214.